The molecular weight excluding hydrogens is 354 g/mol. The minimum absolute atomic E-state index is 0.0326. The van der Waals surface area contributed by atoms with Crippen molar-refractivity contribution in [3.63, 3.8) is 0 Å². The molecule has 2 aromatic carbocycles. The first kappa shape index (κ1) is 19.7. The van der Waals surface area contributed by atoms with Gasteiger partial charge in [0, 0.05) is 29.0 Å². The van der Waals surface area contributed by atoms with E-state index < -0.39 is 0 Å². The quantitative estimate of drug-likeness (QED) is 0.673. The largest absolute Gasteiger partial charge is 0.490 e. The SMILES string of the molecule is CC(C)NC(=O)Nc1cccc(C(=O)Nc2cccc(OC3CCCC3)c2)c1. The van der Waals surface area contributed by atoms with Crippen LogP contribution in [0.1, 0.15) is 49.9 Å². The van der Waals surface area contributed by atoms with Gasteiger partial charge in [0.15, 0.2) is 0 Å². The van der Waals surface area contributed by atoms with Crippen LogP contribution in [0, 0.1) is 0 Å². The van der Waals surface area contributed by atoms with Gasteiger partial charge in [-0.05, 0) is 69.9 Å². The first-order valence-electron chi connectivity index (χ1n) is 9.75. The van der Waals surface area contributed by atoms with Crippen LogP contribution in [0.25, 0.3) is 0 Å². The van der Waals surface area contributed by atoms with E-state index in [1.165, 1.54) is 12.8 Å². The van der Waals surface area contributed by atoms with Crippen LogP contribution in [0.15, 0.2) is 48.5 Å². The van der Waals surface area contributed by atoms with Crippen LogP contribution in [-0.2, 0) is 0 Å². The van der Waals surface area contributed by atoms with Crippen molar-refractivity contribution in [2.75, 3.05) is 10.6 Å². The van der Waals surface area contributed by atoms with Gasteiger partial charge in [0.05, 0.1) is 6.10 Å². The van der Waals surface area contributed by atoms with Crippen molar-refractivity contribution in [2.24, 2.45) is 0 Å². The average Bonchev–Trinajstić information content (AvgIpc) is 3.14. The average molecular weight is 381 g/mol. The number of carbonyl (C=O) groups excluding carboxylic acids is 2. The number of urea groups is 1. The molecule has 0 atom stereocenters. The van der Waals surface area contributed by atoms with Crippen molar-refractivity contribution < 1.29 is 14.3 Å². The van der Waals surface area contributed by atoms with Gasteiger partial charge in [-0.25, -0.2) is 4.79 Å². The summed E-state index contributed by atoms with van der Waals surface area (Å²) in [5.41, 5.74) is 1.70. The Morgan fingerprint density at radius 2 is 1.64 bits per heavy atom. The Morgan fingerprint density at radius 1 is 0.964 bits per heavy atom. The minimum Gasteiger partial charge on any atom is -0.490 e. The van der Waals surface area contributed by atoms with Crippen LogP contribution in [0.5, 0.6) is 5.75 Å². The maximum absolute atomic E-state index is 12.6. The maximum atomic E-state index is 12.6. The van der Waals surface area contributed by atoms with E-state index in [-0.39, 0.29) is 24.1 Å². The summed E-state index contributed by atoms with van der Waals surface area (Å²) in [6.45, 7) is 3.77. The van der Waals surface area contributed by atoms with Crippen LogP contribution in [0.2, 0.25) is 0 Å². The van der Waals surface area contributed by atoms with Gasteiger partial charge in [0.1, 0.15) is 5.75 Å². The molecule has 0 heterocycles. The molecule has 3 amide bonds. The molecule has 0 spiro atoms. The van der Waals surface area contributed by atoms with Crippen LogP contribution >= 0.6 is 0 Å². The highest BCUT2D eigenvalue weighted by Gasteiger charge is 2.16. The first-order chi connectivity index (χ1) is 13.5. The number of amides is 3. The molecule has 0 aromatic heterocycles. The van der Waals surface area contributed by atoms with E-state index >= 15 is 0 Å². The Balaban J connectivity index is 1.62. The van der Waals surface area contributed by atoms with Gasteiger partial charge >= 0.3 is 6.03 Å². The van der Waals surface area contributed by atoms with E-state index in [1.54, 1.807) is 24.3 Å². The van der Waals surface area contributed by atoms with Gasteiger partial charge in [-0.15, -0.1) is 0 Å². The summed E-state index contributed by atoms with van der Waals surface area (Å²) >= 11 is 0. The highest BCUT2D eigenvalue weighted by Crippen LogP contribution is 2.26. The zero-order valence-corrected chi connectivity index (χ0v) is 16.3. The van der Waals surface area contributed by atoms with Crippen molar-refractivity contribution in [3.05, 3.63) is 54.1 Å². The Hall–Kier alpha value is -3.02. The standard InChI is InChI=1S/C22H27N3O3/c1-15(2)23-22(27)25-17-8-5-7-16(13-17)21(26)24-18-9-6-12-20(14-18)28-19-10-3-4-11-19/h5-9,12-15,19H,3-4,10-11H2,1-2H3,(H,24,26)(H2,23,25,27). The molecule has 0 radical (unpaired) electrons. The Morgan fingerprint density at radius 3 is 2.36 bits per heavy atom. The molecule has 1 aliphatic carbocycles. The number of rotatable bonds is 6. The Bertz CT molecular complexity index is 829. The fraction of sp³-hybridized carbons (Fsp3) is 0.364. The third kappa shape index (κ3) is 5.74. The van der Waals surface area contributed by atoms with Gasteiger partial charge < -0.3 is 20.7 Å². The number of nitrogens with one attached hydrogen (secondary N) is 3. The van der Waals surface area contributed by atoms with Crippen LogP contribution in [0.4, 0.5) is 16.2 Å². The van der Waals surface area contributed by atoms with E-state index in [4.69, 9.17) is 4.74 Å². The normalized spacial score (nSPS) is 14.0. The molecule has 28 heavy (non-hydrogen) atoms. The molecule has 3 N–H and O–H groups in total. The van der Waals surface area contributed by atoms with Crippen LogP contribution < -0.4 is 20.7 Å². The van der Waals surface area contributed by atoms with Gasteiger partial charge in [-0.1, -0.05) is 12.1 Å². The second-order valence-electron chi connectivity index (χ2n) is 7.34. The number of hydrogen-bond donors (Lipinski definition) is 3. The molecule has 2 aromatic rings. The van der Waals surface area contributed by atoms with E-state index in [1.807, 2.05) is 38.1 Å². The van der Waals surface area contributed by atoms with Crippen molar-refractivity contribution in [2.45, 2.75) is 51.7 Å². The van der Waals surface area contributed by atoms with Gasteiger partial charge in [0.2, 0.25) is 0 Å². The van der Waals surface area contributed by atoms with Gasteiger partial charge in [-0.2, -0.15) is 0 Å². The lowest BCUT2D eigenvalue weighted by Gasteiger charge is -2.14. The molecule has 0 unspecified atom stereocenters. The van der Waals surface area contributed by atoms with E-state index in [9.17, 15) is 9.59 Å². The second-order valence-corrected chi connectivity index (χ2v) is 7.34. The summed E-state index contributed by atoms with van der Waals surface area (Å²) in [6.07, 6.45) is 4.86. The highest BCUT2D eigenvalue weighted by atomic mass is 16.5. The molecule has 0 aliphatic heterocycles. The number of hydrogen-bond acceptors (Lipinski definition) is 3. The Labute approximate surface area is 165 Å². The highest BCUT2D eigenvalue weighted by molar-refractivity contribution is 6.05. The molecule has 1 aliphatic rings. The molecule has 1 saturated carbocycles. The lowest BCUT2D eigenvalue weighted by atomic mass is 10.2. The van der Waals surface area contributed by atoms with Gasteiger partial charge in [-0.3, -0.25) is 4.79 Å². The maximum Gasteiger partial charge on any atom is 0.319 e. The van der Waals surface area contributed by atoms with Crippen molar-refractivity contribution in [1.82, 2.24) is 5.32 Å². The molecule has 0 bridgehead atoms. The van der Waals surface area contributed by atoms with Crippen LogP contribution in [-0.4, -0.2) is 24.1 Å². The zero-order valence-electron chi connectivity index (χ0n) is 16.3. The zero-order chi connectivity index (χ0) is 19.9. The fourth-order valence-electron chi connectivity index (χ4n) is 3.22. The summed E-state index contributed by atoms with van der Waals surface area (Å²) in [4.78, 5) is 24.4. The minimum atomic E-state index is -0.302. The lowest BCUT2D eigenvalue weighted by Crippen LogP contribution is -2.34. The Kier molecular flexibility index (Phi) is 6.53. The summed E-state index contributed by atoms with van der Waals surface area (Å²) in [5, 5.41) is 8.37. The number of carbonyl (C=O) groups is 2. The third-order valence-electron chi connectivity index (χ3n) is 4.50. The summed E-state index contributed by atoms with van der Waals surface area (Å²) < 4.78 is 5.99. The number of anilines is 2. The lowest BCUT2D eigenvalue weighted by molar-refractivity contribution is 0.102. The topological polar surface area (TPSA) is 79.5 Å². The molecule has 3 rings (SSSR count). The number of benzene rings is 2. The fourth-order valence-corrected chi connectivity index (χ4v) is 3.22. The predicted molar refractivity (Wildman–Crippen MR) is 111 cm³/mol. The second kappa shape index (κ2) is 9.26. The van der Waals surface area contributed by atoms with Crippen LogP contribution in [0.3, 0.4) is 0 Å². The van der Waals surface area contributed by atoms with E-state index in [0.29, 0.717) is 16.9 Å². The molecule has 6 nitrogen and oxygen atoms in total. The first-order valence-corrected chi connectivity index (χ1v) is 9.75. The molecule has 6 heteroatoms. The third-order valence-corrected chi connectivity index (χ3v) is 4.50. The molecule has 1 fully saturated rings. The monoisotopic (exact) mass is 381 g/mol. The summed E-state index contributed by atoms with van der Waals surface area (Å²) in [7, 11) is 0. The van der Waals surface area contributed by atoms with E-state index in [0.717, 1.165) is 18.6 Å². The molecule has 0 saturated heterocycles. The summed E-state index contributed by atoms with van der Waals surface area (Å²) in [6, 6.07) is 14.0. The van der Waals surface area contributed by atoms with Crippen molar-refractivity contribution >= 4 is 23.3 Å². The van der Waals surface area contributed by atoms with Crippen molar-refractivity contribution in [3.8, 4) is 5.75 Å². The van der Waals surface area contributed by atoms with E-state index in [2.05, 4.69) is 16.0 Å². The predicted octanol–water partition coefficient (Wildman–Crippen LogP) is 4.79. The number of ether oxygens (including phenoxy) is 1. The smallest absolute Gasteiger partial charge is 0.319 e. The summed E-state index contributed by atoms with van der Waals surface area (Å²) in [5.74, 6) is 0.524. The molecular formula is C22H27N3O3. The van der Waals surface area contributed by atoms with Crippen molar-refractivity contribution in [1.29, 1.82) is 0 Å². The molecule has 148 valence electrons. The van der Waals surface area contributed by atoms with Gasteiger partial charge in [0.25, 0.3) is 5.91 Å².